The highest BCUT2D eigenvalue weighted by Gasteiger charge is 2.48. The number of morpholine rings is 1. The van der Waals surface area contributed by atoms with Crippen LogP contribution in [-0.4, -0.2) is 146 Å². The largest absolute Gasteiger partial charge is 0.379 e. The summed E-state index contributed by atoms with van der Waals surface area (Å²) >= 11 is 0. The molecule has 0 radical (unpaired) electrons. The zero-order chi connectivity index (χ0) is 55.5. The first-order valence-corrected chi connectivity index (χ1v) is 26.3. The van der Waals surface area contributed by atoms with Gasteiger partial charge in [-0.3, -0.25) is 38.6 Å². The Morgan fingerprint density at radius 2 is 1.61 bits per heavy atom. The lowest BCUT2D eigenvalue weighted by atomic mass is 9.83. The zero-order valence-corrected chi connectivity index (χ0v) is 45.0. The molecule has 6 amide bonds. The second-order valence-electron chi connectivity index (χ2n) is 22.2. The Morgan fingerprint density at radius 1 is 0.896 bits per heavy atom. The van der Waals surface area contributed by atoms with Crippen molar-refractivity contribution in [2.75, 3.05) is 81.6 Å². The molecule has 7 atom stereocenters. The lowest BCUT2D eigenvalue weighted by Crippen LogP contribution is -2.62. The normalized spacial score (nSPS) is 22.4. The highest BCUT2D eigenvalue weighted by atomic mass is 19.1. The lowest BCUT2D eigenvalue weighted by molar-refractivity contribution is -0.144. The summed E-state index contributed by atoms with van der Waals surface area (Å²) in [6, 6.07) is 16.8. The van der Waals surface area contributed by atoms with Crippen molar-refractivity contribution in [1.29, 1.82) is 0 Å². The van der Waals surface area contributed by atoms with Gasteiger partial charge in [-0.1, -0.05) is 57.2 Å². The first-order valence-electron chi connectivity index (χ1n) is 26.3. The van der Waals surface area contributed by atoms with Crippen molar-refractivity contribution in [2.45, 2.75) is 103 Å². The van der Waals surface area contributed by atoms with Crippen LogP contribution in [0.25, 0.3) is 0 Å². The molecule has 77 heavy (non-hydrogen) atoms. The Bertz CT molecular complexity index is 2860. The Morgan fingerprint density at radius 3 is 2.30 bits per heavy atom. The number of para-hydroxylation sites is 1. The van der Waals surface area contributed by atoms with E-state index in [0.29, 0.717) is 49.5 Å². The number of anilines is 3. The van der Waals surface area contributed by atoms with E-state index in [4.69, 9.17) is 4.74 Å². The standard InChI is InChI=1S/C57H71F3N10O7/c1-33-27-68(41(25-62-33)29-67-20-21-77-31-34(67)2)30-48(72)70-32-57(7,43-19-14-37(23-46(43)70)22-36-12-16-39(58)17-13-36)55(76)63-26-47(71)64-40-18-15-38-28-69(54(75)51(56(4,5)6)66-52(73)35(3)61-8)50(42(38)24-40)53(74)65-49-44(59)10-9-11-45(49)60/h9-19,23-24,33-35,41,50-51,61-62H,20-22,25-32H2,1-8H3,(H,63,76)(H,64,71)(H,65,74)(H,66,73)/t33-,34-,35?,41-,50+,51?,57-/m1/s1. The Balaban J connectivity index is 1.01. The molecule has 4 aromatic rings. The van der Waals surface area contributed by atoms with Crippen LogP contribution < -0.4 is 36.8 Å². The fourth-order valence-corrected chi connectivity index (χ4v) is 10.7. The first kappa shape index (κ1) is 56.5. The van der Waals surface area contributed by atoms with Crippen LogP contribution in [0.15, 0.2) is 78.9 Å². The number of carbonyl (C=O) groups excluding carboxylic acids is 6. The molecule has 0 bridgehead atoms. The van der Waals surface area contributed by atoms with Crippen molar-refractivity contribution in [1.82, 2.24) is 36.0 Å². The zero-order valence-electron chi connectivity index (χ0n) is 45.0. The van der Waals surface area contributed by atoms with Gasteiger partial charge < -0.3 is 46.4 Å². The molecule has 0 spiro atoms. The van der Waals surface area contributed by atoms with Gasteiger partial charge in [-0.25, -0.2) is 13.2 Å². The number of hydrogen-bond acceptors (Lipinski definition) is 11. The Kier molecular flexibility index (Phi) is 17.2. The third-order valence-corrected chi connectivity index (χ3v) is 15.3. The van der Waals surface area contributed by atoms with Crippen LogP contribution in [-0.2, 0) is 51.9 Å². The van der Waals surface area contributed by atoms with Crippen molar-refractivity contribution in [2.24, 2.45) is 5.41 Å². The SMILES string of the molecule is CNC(C)C(=O)NC(C(=O)N1Cc2ccc(NC(=O)CNC(=O)[C@]3(C)CN(C(=O)CN4C[C@@H](C)NC[C@@H]4CN4CCOC[C@H]4C)c4cc(Cc5ccc(F)cc5)ccc43)cc2[C@H]1C(=O)Nc1c(F)cccc1F)C(C)(C)C. The molecule has 0 aromatic heterocycles. The van der Waals surface area contributed by atoms with Gasteiger partial charge in [-0.15, -0.1) is 0 Å². The van der Waals surface area contributed by atoms with Crippen LogP contribution in [0.2, 0.25) is 0 Å². The maximum absolute atomic E-state index is 15.0. The van der Waals surface area contributed by atoms with Crippen LogP contribution in [0.5, 0.6) is 0 Å². The summed E-state index contributed by atoms with van der Waals surface area (Å²) in [5.41, 5.74) is 0.985. The number of fused-ring (bicyclic) bond motifs is 2. The van der Waals surface area contributed by atoms with E-state index in [1.807, 2.05) is 18.2 Å². The number of hydrogen-bond donors (Lipinski definition) is 6. The second-order valence-corrected chi connectivity index (χ2v) is 22.2. The number of benzene rings is 4. The summed E-state index contributed by atoms with van der Waals surface area (Å²) in [4.78, 5) is 92.6. The van der Waals surface area contributed by atoms with Gasteiger partial charge in [0.05, 0.1) is 37.8 Å². The van der Waals surface area contributed by atoms with Gasteiger partial charge in [0.15, 0.2) is 0 Å². The first-order chi connectivity index (χ1) is 36.5. The number of nitrogens with one attached hydrogen (secondary N) is 6. The number of amides is 6. The number of ether oxygens (including phenoxy) is 1. The number of nitrogens with zero attached hydrogens (tertiary/aromatic N) is 4. The third kappa shape index (κ3) is 12.7. The fourth-order valence-electron chi connectivity index (χ4n) is 10.7. The molecule has 6 N–H and O–H groups in total. The van der Waals surface area contributed by atoms with E-state index in [2.05, 4.69) is 55.5 Å². The molecule has 4 aromatic carbocycles. The summed E-state index contributed by atoms with van der Waals surface area (Å²) in [6.45, 7) is 16.5. The maximum atomic E-state index is 15.0. The average molecular weight is 1070 g/mol. The lowest BCUT2D eigenvalue weighted by Gasteiger charge is -2.43. The van der Waals surface area contributed by atoms with E-state index in [1.54, 1.807) is 70.8 Å². The van der Waals surface area contributed by atoms with E-state index >= 15 is 0 Å². The van der Waals surface area contributed by atoms with Gasteiger partial charge in [-0.2, -0.15) is 0 Å². The highest BCUT2D eigenvalue weighted by molar-refractivity contribution is 6.05. The molecule has 0 aliphatic carbocycles. The molecule has 2 saturated heterocycles. The van der Waals surface area contributed by atoms with Gasteiger partial charge in [0.2, 0.25) is 29.5 Å². The minimum atomic E-state index is -1.46. The minimum absolute atomic E-state index is 0.00399. The van der Waals surface area contributed by atoms with Crippen LogP contribution in [0.3, 0.4) is 0 Å². The molecule has 412 valence electrons. The minimum Gasteiger partial charge on any atom is -0.379 e. The third-order valence-electron chi connectivity index (χ3n) is 15.3. The topological polar surface area (TPSA) is 197 Å². The summed E-state index contributed by atoms with van der Waals surface area (Å²) in [7, 11) is 1.60. The van der Waals surface area contributed by atoms with Crippen LogP contribution in [0, 0.1) is 22.9 Å². The van der Waals surface area contributed by atoms with Gasteiger partial charge in [0.1, 0.15) is 35.2 Å². The molecule has 4 aliphatic heterocycles. The summed E-state index contributed by atoms with van der Waals surface area (Å²) in [5, 5.41) is 17.1. The maximum Gasteiger partial charge on any atom is 0.252 e. The predicted molar refractivity (Wildman–Crippen MR) is 286 cm³/mol. The smallest absolute Gasteiger partial charge is 0.252 e. The van der Waals surface area contributed by atoms with Gasteiger partial charge in [0.25, 0.3) is 5.91 Å². The number of rotatable bonds is 16. The predicted octanol–water partition coefficient (Wildman–Crippen LogP) is 4.60. The second kappa shape index (κ2) is 23.5. The van der Waals surface area contributed by atoms with E-state index in [1.165, 1.54) is 23.1 Å². The average Bonchev–Trinajstić information content (AvgIpc) is 4.00. The molecular formula is C57H71F3N10O7. The molecular weight excluding hydrogens is 994 g/mol. The molecule has 2 unspecified atom stereocenters. The quantitative estimate of drug-likeness (QED) is 0.0919. The molecule has 0 saturated carbocycles. The van der Waals surface area contributed by atoms with Gasteiger partial charge >= 0.3 is 0 Å². The van der Waals surface area contributed by atoms with E-state index < -0.39 is 82.4 Å². The molecule has 4 aliphatic rings. The van der Waals surface area contributed by atoms with Crippen molar-refractivity contribution in [3.8, 4) is 0 Å². The Hall–Kier alpha value is -6.71. The number of piperazine rings is 1. The van der Waals surface area contributed by atoms with Crippen molar-refractivity contribution in [3.63, 3.8) is 0 Å². The summed E-state index contributed by atoms with van der Waals surface area (Å²) in [6.07, 6.45) is 0.451. The molecule has 2 fully saturated rings. The van der Waals surface area contributed by atoms with E-state index in [9.17, 15) is 41.9 Å². The van der Waals surface area contributed by atoms with Crippen LogP contribution in [0.1, 0.15) is 82.3 Å². The monoisotopic (exact) mass is 1060 g/mol. The number of carbonyl (C=O) groups is 6. The molecule has 8 rings (SSSR count). The molecule has 4 heterocycles. The Labute approximate surface area is 448 Å². The van der Waals surface area contributed by atoms with Crippen molar-refractivity contribution in [3.05, 3.63) is 124 Å². The number of halogens is 3. The van der Waals surface area contributed by atoms with Crippen LogP contribution >= 0.6 is 0 Å². The number of likely N-dealkylation sites (N-methyl/N-ethyl adjacent to an activating group) is 1. The van der Waals surface area contributed by atoms with Gasteiger partial charge in [0, 0.05) is 68.8 Å². The fraction of sp³-hybridized carbons (Fsp3) is 0.474. The molecule has 20 heteroatoms. The summed E-state index contributed by atoms with van der Waals surface area (Å²) < 4.78 is 49.5. The van der Waals surface area contributed by atoms with E-state index in [-0.39, 0.29) is 60.7 Å². The van der Waals surface area contributed by atoms with E-state index in [0.717, 1.165) is 42.4 Å². The molecule has 17 nitrogen and oxygen atoms in total. The van der Waals surface area contributed by atoms with Gasteiger partial charge in [-0.05, 0) is 117 Å². The van der Waals surface area contributed by atoms with Crippen molar-refractivity contribution >= 4 is 52.5 Å². The van der Waals surface area contributed by atoms with Crippen molar-refractivity contribution < 1.29 is 46.7 Å². The van der Waals surface area contributed by atoms with Crippen LogP contribution in [0.4, 0.5) is 30.2 Å². The highest BCUT2D eigenvalue weighted by Crippen LogP contribution is 2.43. The summed E-state index contributed by atoms with van der Waals surface area (Å²) in [5.74, 6) is -5.77.